The first-order chi connectivity index (χ1) is 22.9. The Morgan fingerprint density at radius 3 is 2.29 bits per heavy atom. The number of aromatic nitrogens is 1. The Kier molecular flexibility index (Phi) is 14.8. The predicted molar refractivity (Wildman–Crippen MR) is 197 cm³/mol. The molecule has 12 heteroatoms. The van der Waals surface area contributed by atoms with Crippen LogP contribution in [0.3, 0.4) is 0 Å². The lowest BCUT2D eigenvalue weighted by Crippen LogP contribution is -2.61. The number of hydrogen-bond donors (Lipinski definition) is 3. The maximum atomic E-state index is 14.8. The summed E-state index contributed by atoms with van der Waals surface area (Å²) < 4.78 is 14.1. The van der Waals surface area contributed by atoms with Gasteiger partial charge < -0.3 is 20.6 Å². The van der Waals surface area contributed by atoms with Crippen LogP contribution in [0.5, 0.6) is 0 Å². The van der Waals surface area contributed by atoms with Crippen molar-refractivity contribution in [1.82, 2.24) is 20.5 Å². The molecule has 1 aromatic carbocycles. The number of thiazole rings is 1. The Morgan fingerprint density at radius 1 is 1.08 bits per heavy atom. The van der Waals surface area contributed by atoms with E-state index >= 15 is 0 Å². The molecule has 0 spiro atoms. The van der Waals surface area contributed by atoms with Crippen LogP contribution in [-0.4, -0.2) is 78.9 Å². The molecular formula is C36H52BrFN4O4S2. The van der Waals surface area contributed by atoms with Crippen molar-refractivity contribution >= 4 is 56.8 Å². The summed E-state index contributed by atoms with van der Waals surface area (Å²) in [5.74, 6) is -0.813. The quantitative estimate of drug-likeness (QED) is 0.0980. The molecule has 2 heterocycles. The van der Waals surface area contributed by atoms with Gasteiger partial charge in [0.05, 0.1) is 22.2 Å². The van der Waals surface area contributed by atoms with Crippen LogP contribution in [0.4, 0.5) is 4.39 Å². The molecule has 0 radical (unpaired) electrons. The Labute approximate surface area is 301 Å². The smallest absolute Gasteiger partial charge is 0.258 e. The average molecular weight is 768 g/mol. The van der Waals surface area contributed by atoms with Crippen LogP contribution >= 0.6 is 39.0 Å². The van der Waals surface area contributed by atoms with Crippen molar-refractivity contribution in [3.05, 3.63) is 41.0 Å². The van der Waals surface area contributed by atoms with Crippen LogP contribution in [0.1, 0.15) is 102 Å². The zero-order valence-electron chi connectivity index (χ0n) is 28.6. The second-order valence-electron chi connectivity index (χ2n) is 13.8. The summed E-state index contributed by atoms with van der Waals surface area (Å²) in [6.45, 7) is 5.99. The number of nitrogens with one attached hydrogen (secondary N) is 2. The SMILES string of the molecule is Cc1ncsc1-c1ccc(CNC(=O)[C@@H]2C[C@@H](O)CN2C(=O)C(NC(=O)C2(F)CC2)C(C)(C)SCCCCCCCCCCCBr)cc1. The lowest BCUT2D eigenvalue weighted by Gasteiger charge is -2.37. The molecule has 3 amide bonds. The first-order valence-corrected chi connectivity index (χ1v) is 20.4. The number of aliphatic hydroxyl groups is 1. The summed E-state index contributed by atoms with van der Waals surface area (Å²) in [5, 5.41) is 17.3. The lowest BCUT2D eigenvalue weighted by molar-refractivity contribution is -0.143. The Balaban J connectivity index is 1.33. The highest BCUT2D eigenvalue weighted by Gasteiger charge is 2.54. The first-order valence-electron chi connectivity index (χ1n) is 17.4. The van der Waals surface area contributed by atoms with E-state index in [2.05, 4.69) is 31.5 Å². The number of carbonyl (C=O) groups is 3. The van der Waals surface area contributed by atoms with Crippen molar-refractivity contribution in [3.8, 4) is 10.4 Å². The highest BCUT2D eigenvalue weighted by molar-refractivity contribution is 9.09. The van der Waals surface area contributed by atoms with Crippen LogP contribution in [0.15, 0.2) is 29.8 Å². The van der Waals surface area contributed by atoms with Gasteiger partial charge in [0, 0.05) is 29.6 Å². The second kappa shape index (κ2) is 18.3. The predicted octanol–water partition coefficient (Wildman–Crippen LogP) is 7.10. The minimum Gasteiger partial charge on any atom is -0.391 e. The molecule has 4 rings (SSSR count). The molecule has 3 N–H and O–H groups in total. The van der Waals surface area contributed by atoms with Gasteiger partial charge in [-0.15, -0.1) is 11.3 Å². The number of likely N-dealkylation sites (tertiary alicyclic amines) is 1. The first kappa shape index (κ1) is 38.8. The Morgan fingerprint density at radius 2 is 1.71 bits per heavy atom. The fourth-order valence-electron chi connectivity index (χ4n) is 6.11. The van der Waals surface area contributed by atoms with Crippen LogP contribution in [0, 0.1) is 6.92 Å². The van der Waals surface area contributed by atoms with Gasteiger partial charge in [0.2, 0.25) is 11.8 Å². The van der Waals surface area contributed by atoms with Crippen molar-refractivity contribution in [3.63, 3.8) is 0 Å². The number of halogens is 2. The van der Waals surface area contributed by atoms with Crippen molar-refractivity contribution in [1.29, 1.82) is 0 Å². The largest absolute Gasteiger partial charge is 0.391 e. The summed E-state index contributed by atoms with van der Waals surface area (Å²) in [5.41, 5.74) is 2.80. The van der Waals surface area contributed by atoms with E-state index in [-0.39, 0.29) is 38.3 Å². The zero-order chi connectivity index (χ0) is 34.7. The number of alkyl halides is 2. The number of aliphatic hydroxyl groups excluding tert-OH is 1. The van der Waals surface area contributed by atoms with Crippen molar-refractivity contribution < 1.29 is 23.9 Å². The van der Waals surface area contributed by atoms with Gasteiger partial charge >= 0.3 is 0 Å². The van der Waals surface area contributed by atoms with Gasteiger partial charge in [-0.2, -0.15) is 11.8 Å². The molecule has 1 unspecified atom stereocenters. The Bertz CT molecular complexity index is 1350. The number of aryl methyl sites for hydroxylation is 1. The maximum absolute atomic E-state index is 14.8. The van der Waals surface area contributed by atoms with E-state index in [1.54, 1.807) is 23.1 Å². The van der Waals surface area contributed by atoms with Crippen LogP contribution in [0.2, 0.25) is 0 Å². The third-order valence-electron chi connectivity index (χ3n) is 9.36. The van der Waals surface area contributed by atoms with E-state index < -0.39 is 40.4 Å². The van der Waals surface area contributed by atoms with E-state index in [9.17, 15) is 23.9 Å². The lowest BCUT2D eigenvalue weighted by atomic mass is 10.00. The molecule has 1 aliphatic carbocycles. The number of β-amino-alcohol motifs (C(OH)–C–C–N with tert-alkyl or cyclic N) is 1. The van der Waals surface area contributed by atoms with Crippen LogP contribution in [-0.2, 0) is 20.9 Å². The maximum Gasteiger partial charge on any atom is 0.258 e. The molecule has 1 aliphatic heterocycles. The molecule has 266 valence electrons. The highest BCUT2D eigenvalue weighted by Crippen LogP contribution is 2.41. The van der Waals surface area contributed by atoms with Gasteiger partial charge in [-0.25, -0.2) is 9.37 Å². The normalized spacial score (nSPS) is 19.2. The Hall–Kier alpha value is -2.02. The number of amides is 3. The molecule has 8 nitrogen and oxygen atoms in total. The van der Waals surface area contributed by atoms with Crippen LogP contribution < -0.4 is 10.6 Å². The molecule has 2 aliphatic rings. The topological polar surface area (TPSA) is 112 Å². The molecule has 2 aromatic rings. The number of thioether (sulfide) groups is 1. The van der Waals surface area contributed by atoms with Gasteiger partial charge in [0.15, 0.2) is 5.67 Å². The molecule has 48 heavy (non-hydrogen) atoms. The number of unbranched alkanes of at least 4 members (excludes halogenated alkanes) is 8. The number of nitrogens with zero attached hydrogens (tertiary/aromatic N) is 2. The standard InChI is InChI=1S/C36H52BrFN4O4S2/c1-25-30(47-24-40-25)27-15-13-26(14-16-27)22-39-32(44)29-21-28(43)23-42(29)33(45)31(41-34(46)36(38)17-18-36)35(2,3)48-20-12-10-8-6-4-5-7-9-11-19-37/h13-16,24,28-29,31,43H,4-12,17-23H2,1-3H3,(H,39,44)(H,41,46)/t28-,29+,31?/m1/s1. The summed E-state index contributed by atoms with van der Waals surface area (Å²) in [6, 6.07) is 5.94. The molecular weight excluding hydrogens is 715 g/mol. The number of rotatable bonds is 20. The van der Waals surface area contributed by atoms with E-state index in [1.165, 1.54) is 49.8 Å². The molecule has 2 fully saturated rings. The average Bonchev–Trinajstić information content (AvgIpc) is 3.47. The number of benzene rings is 1. The fourth-order valence-corrected chi connectivity index (χ4v) is 8.52. The van der Waals surface area contributed by atoms with Crippen molar-refractivity contribution in [2.24, 2.45) is 0 Å². The summed E-state index contributed by atoms with van der Waals surface area (Å²) >= 11 is 6.65. The molecule has 3 atom stereocenters. The van der Waals surface area contributed by atoms with E-state index in [0.717, 1.165) is 45.6 Å². The van der Waals surface area contributed by atoms with Crippen molar-refractivity contribution in [2.75, 3.05) is 17.6 Å². The van der Waals surface area contributed by atoms with Gasteiger partial charge in [-0.05, 0) is 63.3 Å². The molecule has 1 saturated heterocycles. The van der Waals surface area contributed by atoms with Crippen LogP contribution in [0.25, 0.3) is 10.4 Å². The second-order valence-corrected chi connectivity index (χ2v) is 17.2. The van der Waals surface area contributed by atoms with Gasteiger partial charge in [-0.1, -0.05) is 85.1 Å². The highest BCUT2D eigenvalue weighted by atomic mass is 79.9. The fraction of sp³-hybridized carbons (Fsp3) is 0.667. The van der Waals surface area contributed by atoms with Gasteiger partial charge in [0.1, 0.15) is 12.1 Å². The van der Waals surface area contributed by atoms with Gasteiger partial charge in [0.25, 0.3) is 5.91 Å². The molecule has 1 saturated carbocycles. The van der Waals surface area contributed by atoms with E-state index in [0.29, 0.717) is 0 Å². The number of hydrogen-bond acceptors (Lipinski definition) is 7. The third-order valence-corrected chi connectivity index (χ3v) is 12.4. The minimum atomic E-state index is -1.94. The zero-order valence-corrected chi connectivity index (χ0v) is 31.8. The van der Waals surface area contributed by atoms with Gasteiger partial charge in [-0.3, -0.25) is 14.4 Å². The van der Waals surface area contributed by atoms with Crippen molar-refractivity contribution in [2.45, 2.75) is 133 Å². The molecule has 0 bridgehead atoms. The third kappa shape index (κ3) is 11.0. The van der Waals surface area contributed by atoms with E-state index in [4.69, 9.17) is 0 Å². The summed E-state index contributed by atoms with van der Waals surface area (Å²) in [7, 11) is 0. The summed E-state index contributed by atoms with van der Waals surface area (Å²) in [4.78, 5) is 47.3. The van der Waals surface area contributed by atoms with E-state index in [1.807, 2.05) is 50.5 Å². The summed E-state index contributed by atoms with van der Waals surface area (Å²) in [6.07, 6.45) is 10.3. The molecule has 1 aromatic heterocycles. The monoisotopic (exact) mass is 766 g/mol. The minimum absolute atomic E-state index is 0.0240. The number of carbonyl (C=O) groups excluding carboxylic acids is 3.